The largest absolute Gasteiger partial charge is 0.462 e. The fourth-order valence-electron chi connectivity index (χ4n) is 2.54. The topological polar surface area (TPSA) is 52.6 Å². The molecular formula is C20H30O4. The Morgan fingerprint density at radius 3 is 2.00 bits per heavy atom. The maximum Gasteiger partial charge on any atom is 0.316 e. The van der Waals surface area contributed by atoms with Crippen LogP contribution in [-0.2, 0) is 19.1 Å². The number of benzene rings is 1. The van der Waals surface area contributed by atoms with E-state index in [-0.39, 0.29) is 24.1 Å². The number of hydrogen-bond donors (Lipinski definition) is 0. The van der Waals surface area contributed by atoms with Crippen molar-refractivity contribution in [1.82, 2.24) is 0 Å². The number of rotatable bonds is 9. The van der Waals surface area contributed by atoms with E-state index in [0.717, 1.165) is 5.56 Å². The van der Waals surface area contributed by atoms with E-state index in [1.165, 1.54) is 12.5 Å². The Morgan fingerprint density at radius 1 is 0.958 bits per heavy atom. The molecule has 24 heavy (non-hydrogen) atoms. The number of Topliss-reactive ketones (excluding diaryl/α,β-unsaturated/α-hetero) is 1. The molecule has 0 fully saturated rings. The molecular weight excluding hydrogens is 304 g/mol. The summed E-state index contributed by atoms with van der Waals surface area (Å²) < 4.78 is 11.2. The van der Waals surface area contributed by atoms with Crippen LogP contribution < -0.4 is 0 Å². The maximum atomic E-state index is 12.1. The van der Waals surface area contributed by atoms with Crippen molar-refractivity contribution < 1.29 is 19.1 Å². The van der Waals surface area contributed by atoms with Crippen LogP contribution in [0, 0.1) is 12.8 Å². The Balaban J connectivity index is 2.83. The zero-order valence-electron chi connectivity index (χ0n) is 15.7. The molecule has 2 atom stereocenters. The van der Waals surface area contributed by atoms with Gasteiger partial charge < -0.3 is 9.47 Å². The van der Waals surface area contributed by atoms with Crippen LogP contribution in [0.4, 0.5) is 0 Å². The van der Waals surface area contributed by atoms with E-state index in [0.29, 0.717) is 12.8 Å². The van der Waals surface area contributed by atoms with Gasteiger partial charge in [-0.2, -0.15) is 0 Å². The molecule has 2 unspecified atom stereocenters. The van der Waals surface area contributed by atoms with Gasteiger partial charge in [0.15, 0.2) is 0 Å². The fraction of sp³-hybridized carbons (Fsp3) is 0.600. The van der Waals surface area contributed by atoms with Crippen LogP contribution in [-0.4, -0.2) is 24.0 Å². The van der Waals surface area contributed by atoms with Crippen LogP contribution in [0.25, 0.3) is 0 Å². The standard InChI is InChI=1S/C20H30O4/c1-13(2)23-19(17-9-7-15(5)8-10-17)12-11-18(16(6)21)20(22)24-14(3)4/h7-10,13-14,18-19H,11-12H2,1-6H3. The summed E-state index contributed by atoms with van der Waals surface area (Å²) in [5, 5.41) is 0. The summed E-state index contributed by atoms with van der Waals surface area (Å²) in [6.45, 7) is 11.0. The van der Waals surface area contributed by atoms with Crippen molar-refractivity contribution in [3.8, 4) is 0 Å². The molecule has 0 spiro atoms. The summed E-state index contributed by atoms with van der Waals surface area (Å²) in [5.74, 6) is -1.33. The second-order valence-electron chi connectivity index (χ2n) is 6.81. The van der Waals surface area contributed by atoms with E-state index in [1.807, 2.05) is 45.0 Å². The Kier molecular flexibility index (Phi) is 8.13. The highest BCUT2D eigenvalue weighted by molar-refractivity contribution is 5.97. The molecule has 0 aliphatic carbocycles. The first-order chi connectivity index (χ1) is 11.2. The molecule has 4 heteroatoms. The fourth-order valence-corrected chi connectivity index (χ4v) is 2.54. The molecule has 0 aliphatic heterocycles. The summed E-state index contributed by atoms with van der Waals surface area (Å²) in [7, 11) is 0. The van der Waals surface area contributed by atoms with E-state index >= 15 is 0 Å². The molecule has 1 aromatic carbocycles. The Bertz CT molecular complexity index is 531. The monoisotopic (exact) mass is 334 g/mol. The minimum atomic E-state index is -0.726. The number of ether oxygens (including phenoxy) is 2. The average molecular weight is 334 g/mol. The lowest BCUT2D eigenvalue weighted by Crippen LogP contribution is -2.27. The van der Waals surface area contributed by atoms with E-state index in [4.69, 9.17) is 9.47 Å². The molecule has 0 radical (unpaired) electrons. The summed E-state index contributed by atoms with van der Waals surface area (Å²) >= 11 is 0. The van der Waals surface area contributed by atoms with Crippen LogP contribution in [0.3, 0.4) is 0 Å². The van der Waals surface area contributed by atoms with E-state index < -0.39 is 11.9 Å². The Morgan fingerprint density at radius 2 is 1.54 bits per heavy atom. The molecule has 1 rings (SSSR count). The third-order valence-corrected chi connectivity index (χ3v) is 3.73. The molecule has 0 saturated heterocycles. The lowest BCUT2D eigenvalue weighted by molar-refractivity contribution is -0.155. The normalized spacial score (nSPS) is 13.8. The number of ketones is 1. The molecule has 1 aromatic rings. The first kappa shape index (κ1) is 20.4. The molecule has 4 nitrogen and oxygen atoms in total. The van der Waals surface area contributed by atoms with Gasteiger partial charge in [0, 0.05) is 0 Å². The number of aryl methyl sites for hydroxylation is 1. The highest BCUT2D eigenvalue weighted by atomic mass is 16.5. The summed E-state index contributed by atoms with van der Waals surface area (Å²) in [5.41, 5.74) is 2.25. The molecule has 0 N–H and O–H groups in total. The lowest BCUT2D eigenvalue weighted by atomic mass is 9.94. The van der Waals surface area contributed by atoms with Gasteiger partial charge in [-0.25, -0.2) is 0 Å². The molecule has 134 valence electrons. The van der Waals surface area contributed by atoms with Crippen LogP contribution >= 0.6 is 0 Å². The van der Waals surface area contributed by atoms with Crippen molar-refractivity contribution in [1.29, 1.82) is 0 Å². The summed E-state index contributed by atoms with van der Waals surface area (Å²) in [4.78, 5) is 24.0. The Labute approximate surface area is 145 Å². The highest BCUT2D eigenvalue weighted by Gasteiger charge is 2.27. The predicted molar refractivity (Wildman–Crippen MR) is 94.8 cm³/mol. The van der Waals surface area contributed by atoms with Gasteiger partial charge >= 0.3 is 5.97 Å². The number of hydrogen-bond acceptors (Lipinski definition) is 4. The van der Waals surface area contributed by atoms with Crippen molar-refractivity contribution in [3.63, 3.8) is 0 Å². The van der Waals surface area contributed by atoms with Crippen molar-refractivity contribution >= 4 is 11.8 Å². The second-order valence-corrected chi connectivity index (χ2v) is 6.81. The first-order valence-electron chi connectivity index (χ1n) is 8.63. The highest BCUT2D eigenvalue weighted by Crippen LogP contribution is 2.27. The molecule has 0 saturated carbocycles. The van der Waals surface area contributed by atoms with Crippen molar-refractivity contribution in [2.24, 2.45) is 5.92 Å². The van der Waals surface area contributed by atoms with Crippen molar-refractivity contribution in [2.45, 2.75) is 72.7 Å². The smallest absolute Gasteiger partial charge is 0.316 e. The lowest BCUT2D eigenvalue weighted by Gasteiger charge is -2.23. The quantitative estimate of drug-likeness (QED) is 0.496. The molecule has 0 heterocycles. The molecule has 0 bridgehead atoms. The second kappa shape index (κ2) is 9.58. The Hall–Kier alpha value is -1.68. The zero-order chi connectivity index (χ0) is 18.3. The number of carbonyl (C=O) groups excluding carboxylic acids is 2. The van der Waals surface area contributed by atoms with E-state index in [1.54, 1.807) is 13.8 Å². The minimum Gasteiger partial charge on any atom is -0.462 e. The van der Waals surface area contributed by atoms with Gasteiger partial charge in [-0.3, -0.25) is 9.59 Å². The molecule has 0 amide bonds. The van der Waals surface area contributed by atoms with Crippen molar-refractivity contribution in [2.75, 3.05) is 0 Å². The van der Waals surface area contributed by atoms with Gasteiger partial charge in [0.05, 0.1) is 18.3 Å². The van der Waals surface area contributed by atoms with Crippen LogP contribution in [0.1, 0.15) is 64.7 Å². The first-order valence-corrected chi connectivity index (χ1v) is 8.63. The van der Waals surface area contributed by atoms with Gasteiger partial charge in [0.25, 0.3) is 0 Å². The van der Waals surface area contributed by atoms with Gasteiger partial charge in [0.1, 0.15) is 11.7 Å². The number of esters is 1. The van der Waals surface area contributed by atoms with Crippen molar-refractivity contribution in [3.05, 3.63) is 35.4 Å². The summed E-state index contributed by atoms with van der Waals surface area (Å²) in [6.07, 6.45) is 0.721. The maximum absolute atomic E-state index is 12.1. The van der Waals surface area contributed by atoms with Gasteiger partial charge in [-0.1, -0.05) is 29.8 Å². The van der Waals surface area contributed by atoms with Crippen LogP contribution in [0.15, 0.2) is 24.3 Å². The predicted octanol–water partition coefficient (Wildman–Crippen LogP) is 4.40. The van der Waals surface area contributed by atoms with Gasteiger partial charge in [-0.05, 0) is 59.9 Å². The minimum absolute atomic E-state index is 0.0645. The molecule has 0 aliphatic rings. The van der Waals surface area contributed by atoms with E-state index in [2.05, 4.69) is 0 Å². The van der Waals surface area contributed by atoms with Crippen LogP contribution in [0.5, 0.6) is 0 Å². The number of carbonyl (C=O) groups is 2. The van der Waals surface area contributed by atoms with Crippen LogP contribution in [0.2, 0.25) is 0 Å². The molecule has 0 aromatic heterocycles. The zero-order valence-corrected chi connectivity index (χ0v) is 15.7. The summed E-state index contributed by atoms with van der Waals surface area (Å²) in [6, 6.07) is 8.16. The van der Waals surface area contributed by atoms with Gasteiger partial charge in [-0.15, -0.1) is 0 Å². The van der Waals surface area contributed by atoms with E-state index in [9.17, 15) is 9.59 Å². The third-order valence-electron chi connectivity index (χ3n) is 3.73. The van der Waals surface area contributed by atoms with Gasteiger partial charge in [0.2, 0.25) is 0 Å². The third kappa shape index (κ3) is 6.83. The SMILES string of the molecule is CC(=O)C(CCC(OC(C)C)c1ccc(C)cc1)C(=O)OC(C)C. The average Bonchev–Trinajstić information content (AvgIpc) is 2.45.